The van der Waals surface area contributed by atoms with Crippen LogP contribution in [0.2, 0.25) is 0 Å². The Hall–Kier alpha value is -2.29. The van der Waals surface area contributed by atoms with Crippen LogP contribution in [-0.4, -0.2) is 56.3 Å². The first kappa shape index (κ1) is 20.4. The van der Waals surface area contributed by atoms with Crippen LogP contribution in [0.25, 0.3) is 0 Å². The number of amides is 1. The highest BCUT2D eigenvalue weighted by atomic mass is 32.2. The third kappa shape index (κ3) is 4.76. The highest BCUT2D eigenvalue weighted by Gasteiger charge is 2.30. The largest absolute Gasteiger partial charge is 0.339 e. The fourth-order valence-electron chi connectivity index (χ4n) is 3.17. The van der Waals surface area contributed by atoms with E-state index in [4.69, 9.17) is 0 Å². The van der Waals surface area contributed by atoms with Gasteiger partial charge in [0.1, 0.15) is 5.82 Å². The van der Waals surface area contributed by atoms with Gasteiger partial charge in [0, 0.05) is 32.7 Å². The predicted molar refractivity (Wildman–Crippen MR) is 105 cm³/mol. The molecule has 2 aromatic carbocycles. The zero-order valence-electron chi connectivity index (χ0n) is 15.8. The van der Waals surface area contributed by atoms with E-state index < -0.39 is 15.8 Å². The maximum Gasteiger partial charge on any atom is 0.244 e. The summed E-state index contributed by atoms with van der Waals surface area (Å²) in [5, 5.41) is 3.17. The van der Waals surface area contributed by atoms with Crippen molar-refractivity contribution >= 4 is 15.9 Å². The Morgan fingerprint density at radius 2 is 1.75 bits per heavy atom. The van der Waals surface area contributed by atoms with E-state index in [2.05, 4.69) is 5.32 Å². The van der Waals surface area contributed by atoms with Crippen LogP contribution in [0.3, 0.4) is 0 Å². The molecule has 1 fully saturated rings. The molecule has 8 heteroatoms. The molecule has 3 rings (SSSR count). The highest BCUT2D eigenvalue weighted by molar-refractivity contribution is 7.89. The molecule has 0 atom stereocenters. The summed E-state index contributed by atoms with van der Waals surface area (Å²) in [4.78, 5) is 14.6. The number of carbonyl (C=O) groups is 1. The van der Waals surface area contributed by atoms with E-state index >= 15 is 0 Å². The monoisotopic (exact) mass is 405 g/mol. The molecule has 1 aliphatic rings. The molecule has 0 unspecified atom stereocenters. The van der Waals surface area contributed by atoms with Crippen LogP contribution in [0.15, 0.2) is 53.4 Å². The molecule has 1 aliphatic heterocycles. The standard InChI is InChI=1S/C20H24FN3O3S/c1-16-4-2-3-5-19(16)28(26,27)24(14-17-6-8-18(21)9-7-17)15-20(25)23-12-10-22-11-13-23/h2-9,22H,10-15H2,1H3. The predicted octanol–water partition coefficient (Wildman–Crippen LogP) is 1.76. The first-order chi connectivity index (χ1) is 13.4. The van der Waals surface area contributed by atoms with Gasteiger partial charge in [-0.2, -0.15) is 4.31 Å². The lowest BCUT2D eigenvalue weighted by Gasteiger charge is -2.30. The SMILES string of the molecule is Cc1ccccc1S(=O)(=O)N(CC(=O)N1CCNCC1)Cc1ccc(F)cc1. The second kappa shape index (κ2) is 8.81. The minimum Gasteiger partial charge on any atom is -0.339 e. The van der Waals surface area contributed by atoms with Crippen molar-refractivity contribution < 1.29 is 17.6 Å². The zero-order chi connectivity index (χ0) is 20.1. The van der Waals surface area contributed by atoms with Gasteiger partial charge in [0.05, 0.1) is 11.4 Å². The van der Waals surface area contributed by atoms with E-state index in [1.807, 2.05) is 0 Å². The Balaban J connectivity index is 1.90. The number of aryl methyl sites for hydroxylation is 1. The fourth-order valence-corrected chi connectivity index (χ4v) is 4.77. The number of nitrogens with zero attached hydrogens (tertiary/aromatic N) is 2. The normalized spacial score (nSPS) is 15.0. The third-order valence-corrected chi connectivity index (χ3v) is 6.72. The van der Waals surface area contributed by atoms with Gasteiger partial charge in [-0.25, -0.2) is 12.8 Å². The number of sulfonamides is 1. The summed E-state index contributed by atoms with van der Waals surface area (Å²) in [6.07, 6.45) is 0. The number of halogens is 1. The Kier molecular flexibility index (Phi) is 6.43. The van der Waals surface area contributed by atoms with Gasteiger partial charge < -0.3 is 10.2 Å². The minimum absolute atomic E-state index is 0.00518. The average molecular weight is 405 g/mol. The van der Waals surface area contributed by atoms with Crippen molar-refractivity contribution in [2.45, 2.75) is 18.4 Å². The molecule has 6 nitrogen and oxygen atoms in total. The van der Waals surface area contributed by atoms with E-state index in [1.54, 1.807) is 30.0 Å². The second-order valence-corrected chi connectivity index (χ2v) is 8.70. The molecular formula is C20H24FN3O3S. The van der Waals surface area contributed by atoms with Crippen LogP contribution in [-0.2, 0) is 21.4 Å². The van der Waals surface area contributed by atoms with Crippen LogP contribution < -0.4 is 5.32 Å². The molecule has 1 saturated heterocycles. The first-order valence-electron chi connectivity index (χ1n) is 9.16. The van der Waals surface area contributed by atoms with Crippen molar-refractivity contribution in [3.8, 4) is 0 Å². The van der Waals surface area contributed by atoms with Crippen LogP contribution in [0.5, 0.6) is 0 Å². The van der Waals surface area contributed by atoms with Crippen molar-refractivity contribution in [1.29, 1.82) is 0 Å². The quantitative estimate of drug-likeness (QED) is 0.795. The van der Waals surface area contributed by atoms with Crippen LogP contribution in [0.1, 0.15) is 11.1 Å². The summed E-state index contributed by atoms with van der Waals surface area (Å²) in [5.74, 6) is -0.630. The Bertz CT molecular complexity index is 926. The topological polar surface area (TPSA) is 69.7 Å². The summed E-state index contributed by atoms with van der Waals surface area (Å²) in [6, 6.07) is 12.3. The van der Waals surface area contributed by atoms with Crippen molar-refractivity contribution in [3.63, 3.8) is 0 Å². The number of piperazine rings is 1. The molecule has 150 valence electrons. The maximum absolute atomic E-state index is 13.3. The van der Waals surface area contributed by atoms with E-state index in [9.17, 15) is 17.6 Å². The molecule has 2 aromatic rings. The summed E-state index contributed by atoms with van der Waals surface area (Å²) in [6.45, 7) is 3.94. The van der Waals surface area contributed by atoms with Crippen molar-refractivity contribution in [2.24, 2.45) is 0 Å². The summed E-state index contributed by atoms with van der Waals surface area (Å²) >= 11 is 0. The smallest absolute Gasteiger partial charge is 0.244 e. The Labute approximate surface area is 165 Å². The molecule has 1 N–H and O–H groups in total. The maximum atomic E-state index is 13.3. The Morgan fingerprint density at radius 1 is 1.11 bits per heavy atom. The highest BCUT2D eigenvalue weighted by Crippen LogP contribution is 2.22. The van der Waals surface area contributed by atoms with Gasteiger partial charge in [-0.05, 0) is 36.2 Å². The number of rotatable bonds is 6. The van der Waals surface area contributed by atoms with E-state index in [0.29, 0.717) is 37.3 Å². The molecule has 28 heavy (non-hydrogen) atoms. The van der Waals surface area contributed by atoms with E-state index in [1.165, 1.54) is 34.6 Å². The lowest BCUT2D eigenvalue weighted by molar-refractivity contribution is -0.132. The van der Waals surface area contributed by atoms with Gasteiger partial charge in [0.15, 0.2) is 0 Å². The number of carbonyl (C=O) groups excluding carboxylic acids is 1. The number of benzene rings is 2. The summed E-state index contributed by atoms with van der Waals surface area (Å²) in [7, 11) is -3.90. The van der Waals surface area contributed by atoms with Crippen molar-refractivity contribution in [2.75, 3.05) is 32.7 Å². The molecular weight excluding hydrogens is 381 g/mol. The lowest BCUT2D eigenvalue weighted by atomic mass is 10.2. The van der Waals surface area contributed by atoms with Gasteiger partial charge in [0.25, 0.3) is 0 Å². The third-order valence-electron chi connectivity index (χ3n) is 4.76. The van der Waals surface area contributed by atoms with Crippen molar-refractivity contribution in [1.82, 2.24) is 14.5 Å². The molecule has 0 radical (unpaired) electrons. The van der Waals surface area contributed by atoms with E-state index in [-0.39, 0.29) is 23.9 Å². The van der Waals surface area contributed by atoms with Gasteiger partial charge >= 0.3 is 0 Å². The van der Waals surface area contributed by atoms with E-state index in [0.717, 1.165) is 0 Å². The minimum atomic E-state index is -3.90. The fraction of sp³-hybridized carbons (Fsp3) is 0.350. The first-order valence-corrected chi connectivity index (χ1v) is 10.6. The van der Waals surface area contributed by atoms with Gasteiger partial charge in [0.2, 0.25) is 15.9 Å². The lowest BCUT2D eigenvalue weighted by Crippen LogP contribution is -2.50. The average Bonchev–Trinajstić information content (AvgIpc) is 2.70. The number of hydrogen-bond acceptors (Lipinski definition) is 4. The molecule has 1 amide bonds. The van der Waals surface area contributed by atoms with Gasteiger partial charge in [-0.15, -0.1) is 0 Å². The molecule has 0 saturated carbocycles. The zero-order valence-corrected chi connectivity index (χ0v) is 16.6. The molecule has 1 heterocycles. The Morgan fingerprint density at radius 3 is 2.39 bits per heavy atom. The van der Waals surface area contributed by atoms with Crippen LogP contribution >= 0.6 is 0 Å². The molecule has 0 bridgehead atoms. The van der Waals surface area contributed by atoms with Crippen LogP contribution in [0.4, 0.5) is 4.39 Å². The molecule has 0 aromatic heterocycles. The number of hydrogen-bond donors (Lipinski definition) is 1. The molecule has 0 spiro atoms. The molecule has 0 aliphatic carbocycles. The van der Waals surface area contributed by atoms with Gasteiger partial charge in [-0.1, -0.05) is 30.3 Å². The number of nitrogens with one attached hydrogen (secondary N) is 1. The summed E-state index contributed by atoms with van der Waals surface area (Å²) < 4.78 is 41.0. The van der Waals surface area contributed by atoms with Crippen LogP contribution in [0, 0.1) is 12.7 Å². The van der Waals surface area contributed by atoms with Gasteiger partial charge in [-0.3, -0.25) is 4.79 Å². The second-order valence-electron chi connectivity index (χ2n) is 6.80. The van der Waals surface area contributed by atoms with Crippen molar-refractivity contribution in [3.05, 3.63) is 65.5 Å². The summed E-state index contributed by atoms with van der Waals surface area (Å²) in [5.41, 5.74) is 1.23.